The fourth-order valence-corrected chi connectivity index (χ4v) is 2.22. The number of amides is 1. The van der Waals surface area contributed by atoms with Gasteiger partial charge < -0.3 is 24.5 Å². The molecule has 1 unspecified atom stereocenters. The van der Waals surface area contributed by atoms with Crippen LogP contribution in [-0.2, 0) is 15.9 Å². The second-order valence-electron chi connectivity index (χ2n) is 6.62. The number of carboxylic acid groups (broad SMARTS) is 1. The summed E-state index contributed by atoms with van der Waals surface area (Å²) < 4.78 is 13.5. The lowest BCUT2D eigenvalue weighted by Crippen LogP contribution is -2.41. The van der Waals surface area contributed by atoms with E-state index in [1.54, 1.807) is 17.1 Å². The number of rotatable bonds is 6. The molecule has 0 aliphatic carbocycles. The highest BCUT2D eigenvalue weighted by molar-refractivity contribution is 6.61. The number of nitrogens with one attached hydrogen (secondary N) is 2. The summed E-state index contributed by atoms with van der Waals surface area (Å²) in [7, 11) is -0.527. The zero-order valence-electron chi connectivity index (χ0n) is 14.1. The minimum absolute atomic E-state index is 0.0175. The van der Waals surface area contributed by atoms with Gasteiger partial charge in [-0.25, -0.2) is 0 Å². The van der Waals surface area contributed by atoms with Crippen LogP contribution in [0.15, 0.2) is 17.5 Å². The van der Waals surface area contributed by atoms with E-state index in [1.165, 1.54) is 0 Å². The van der Waals surface area contributed by atoms with Crippen LogP contribution >= 0.6 is 0 Å². The zero-order valence-corrected chi connectivity index (χ0v) is 14.1. The molecule has 0 bridgehead atoms. The molecule has 130 valence electrons. The van der Waals surface area contributed by atoms with Crippen LogP contribution in [0.2, 0.25) is 0 Å². The highest BCUT2D eigenvalue weighted by atomic mass is 16.7. The molecular weight excluding hydrogens is 315 g/mol. The summed E-state index contributed by atoms with van der Waals surface area (Å²) in [6.45, 7) is 8.10. The summed E-state index contributed by atoms with van der Waals surface area (Å²) in [5.74, 6) is 0. The van der Waals surface area contributed by atoms with E-state index in [1.807, 2.05) is 27.7 Å². The minimum atomic E-state index is -1.40. The smallest absolute Gasteiger partial charge is 0.498 e. The van der Waals surface area contributed by atoms with Gasteiger partial charge in [0.2, 0.25) is 4.91 Å². The molecule has 10 nitrogen and oxygen atoms in total. The van der Waals surface area contributed by atoms with Crippen molar-refractivity contribution < 1.29 is 19.2 Å². The van der Waals surface area contributed by atoms with Crippen LogP contribution in [0.3, 0.4) is 0 Å². The van der Waals surface area contributed by atoms with Gasteiger partial charge in [0.1, 0.15) is 16.7 Å². The summed E-state index contributed by atoms with van der Waals surface area (Å²) in [4.78, 5) is 13.4. The third kappa shape index (κ3) is 3.99. The van der Waals surface area contributed by atoms with E-state index < -0.39 is 30.5 Å². The first-order valence-electron chi connectivity index (χ1n) is 7.54. The maximum atomic E-state index is 10.5. The first-order chi connectivity index (χ1) is 11.1. The Bertz CT molecular complexity index is 639. The molecule has 2 N–H and O–H groups in total. The fraction of sp³-hybridized carbons (Fsp3) is 0.692. The Hall–Kier alpha value is -2.23. The summed E-state index contributed by atoms with van der Waals surface area (Å²) >= 11 is 0. The highest BCUT2D eigenvalue weighted by Gasteiger charge is 2.52. The van der Waals surface area contributed by atoms with Crippen molar-refractivity contribution in [2.24, 2.45) is 5.11 Å². The molecule has 1 fully saturated rings. The van der Waals surface area contributed by atoms with Crippen LogP contribution in [0.5, 0.6) is 0 Å². The van der Waals surface area contributed by atoms with E-state index in [4.69, 9.17) is 14.8 Å². The van der Waals surface area contributed by atoms with Crippen molar-refractivity contribution in [3.63, 3.8) is 0 Å². The lowest BCUT2D eigenvalue weighted by Gasteiger charge is -2.32. The number of hydrogen-bond acceptors (Lipinski definition) is 7. The average molecular weight is 336 g/mol. The molecule has 0 spiro atoms. The van der Waals surface area contributed by atoms with E-state index in [0.717, 1.165) is 5.46 Å². The molecule has 1 atom stereocenters. The monoisotopic (exact) mass is 336 g/mol. The molecule has 0 saturated carbocycles. The molecule has 0 aromatic carbocycles. The van der Waals surface area contributed by atoms with Crippen molar-refractivity contribution in [3.05, 3.63) is 12.4 Å². The quantitative estimate of drug-likeness (QED) is 0.391. The summed E-state index contributed by atoms with van der Waals surface area (Å²) in [5.41, 5.74) is 6.68. The van der Waals surface area contributed by atoms with Gasteiger partial charge in [-0.15, -0.1) is 0 Å². The lowest BCUT2D eigenvalue weighted by atomic mass is 9.82. The first-order valence-corrected chi connectivity index (χ1v) is 7.54. The minimum Gasteiger partial charge on any atom is -0.530 e. The molecule has 1 aromatic rings. The Morgan fingerprint density at radius 1 is 1.50 bits per heavy atom. The third-order valence-corrected chi connectivity index (χ3v) is 4.28. The van der Waals surface area contributed by atoms with Crippen LogP contribution in [0.4, 0.5) is 4.79 Å². The second kappa shape index (κ2) is 6.72. The van der Waals surface area contributed by atoms with Crippen molar-refractivity contribution in [2.75, 3.05) is 6.54 Å². The maximum absolute atomic E-state index is 10.5. The zero-order chi connectivity index (χ0) is 18.0. The third-order valence-electron chi connectivity index (χ3n) is 4.28. The SMILES string of the molecule is CC1(C)OB(c2cnn(CC(CNC(=O)[O-])N=[N+]=N)c2)OC1(C)C. The van der Waals surface area contributed by atoms with Crippen molar-refractivity contribution in [1.29, 1.82) is 5.53 Å². The molecule has 2 rings (SSSR count). The topological polar surface area (TPSA) is 139 Å². The van der Waals surface area contributed by atoms with Crippen molar-refractivity contribution >= 4 is 18.7 Å². The van der Waals surface area contributed by atoms with Crippen LogP contribution in [0.25, 0.3) is 0 Å². The van der Waals surface area contributed by atoms with Crippen LogP contribution in [-0.4, -0.2) is 46.8 Å². The molecule has 0 radical (unpaired) electrons. The number of hydrogen-bond donors (Lipinski definition) is 2. The largest absolute Gasteiger partial charge is 0.530 e. The summed E-state index contributed by atoms with van der Waals surface area (Å²) in [6, 6.07) is -0.563. The normalized spacial score (nSPS) is 19.6. The Labute approximate surface area is 139 Å². The fourth-order valence-electron chi connectivity index (χ4n) is 2.22. The number of nitrogens with zero attached hydrogens (tertiary/aromatic N) is 4. The predicted molar refractivity (Wildman–Crippen MR) is 82.4 cm³/mol. The number of carbonyl (C=O) groups excluding carboxylic acids is 1. The van der Waals surface area contributed by atoms with E-state index in [0.29, 0.717) is 0 Å². The van der Waals surface area contributed by atoms with E-state index in [9.17, 15) is 9.90 Å². The highest BCUT2D eigenvalue weighted by Crippen LogP contribution is 2.36. The Morgan fingerprint density at radius 2 is 2.12 bits per heavy atom. The number of carbonyl (C=O) groups is 1. The van der Waals surface area contributed by atoms with Crippen LogP contribution in [0.1, 0.15) is 27.7 Å². The molecule has 11 heteroatoms. The number of aromatic nitrogens is 2. The van der Waals surface area contributed by atoms with Gasteiger partial charge in [0.05, 0.1) is 17.7 Å². The standard InChI is InChI=1S/C13H21BN6O4/c1-12(2)13(3,4)24-14(23-12)9-5-17-20(7-9)8-10(18-19-15)6-16-11(21)22/h5,7,10,15-16H,6,8H2,1-4H3. The van der Waals surface area contributed by atoms with Crippen LogP contribution in [0, 0.1) is 5.53 Å². The molecular formula is C13H21BN6O4. The van der Waals surface area contributed by atoms with Gasteiger partial charge in [-0.2, -0.15) is 5.10 Å². The van der Waals surface area contributed by atoms with Gasteiger partial charge in [0.25, 0.3) is 0 Å². The van der Waals surface area contributed by atoms with E-state index in [2.05, 4.69) is 20.4 Å². The van der Waals surface area contributed by atoms with Crippen molar-refractivity contribution in [1.82, 2.24) is 20.0 Å². The van der Waals surface area contributed by atoms with Gasteiger partial charge in [0.15, 0.2) is 6.04 Å². The van der Waals surface area contributed by atoms with Gasteiger partial charge in [0, 0.05) is 24.4 Å². The van der Waals surface area contributed by atoms with Crippen molar-refractivity contribution in [3.8, 4) is 0 Å². The van der Waals surface area contributed by atoms with Gasteiger partial charge >= 0.3 is 7.12 Å². The molecule has 2 heterocycles. The van der Waals surface area contributed by atoms with Crippen molar-refractivity contribution in [2.45, 2.75) is 51.5 Å². The van der Waals surface area contributed by atoms with E-state index >= 15 is 0 Å². The maximum Gasteiger partial charge on any atom is 0.498 e. The first kappa shape index (κ1) is 18.1. The van der Waals surface area contributed by atoms with Gasteiger partial charge in [-0.1, -0.05) is 0 Å². The average Bonchev–Trinajstić information content (AvgIpc) is 2.99. The Morgan fingerprint density at radius 3 is 2.67 bits per heavy atom. The second-order valence-corrected chi connectivity index (χ2v) is 6.62. The molecule has 24 heavy (non-hydrogen) atoms. The molecule has 1 amide bonds. The molecule has 1 aliphatic heterocycles. The Balaban J connectivity index is 2.05. The van der Waals surface area contributed by atoms with E-state index in [-0.39, 0.29) is 13.1 Å². The molecule has 1 aromatic heterocycles. The summed E-state index contributed by atoms with van der Waals surface area (Å²) in [5, 5.41) is 20.4. The summed E-state index contributed by atoms with van der Waals surface area (Å²) in [6.07, 6.45) is 1.97. The molecule has 1 saturated heterocycles. The van der Waals surface area contributed by atoms with Crippen LogP contribution < -0.4 is 20.8 Å². The lowest BCUT2D eigenvalue weighted by molar-refractivity contribution is -0.250. The molecule has 1 aliphatic rings. The van der Waals surface area contributed by atoms with Gasteiger partial charge in [-0.3, -0.25) is 4.68 Å². The van der Waals surface area contributed by atoms with Gasteiger partial charge in [-0.05, 0) is 27.7 Å². The Kier molecular flexibility index (Phi) is 5.07. The predicted octanol–water partition coefficient (Wildman–Crippen LogP) is -0.966.